The van der Waals surface area contributed by atoms with Crippen LogP contribution in [0.5, 0.6) is 0 Å². The van der Waals surface area contributed by atoms with Crippen LogP contribution in [0.25, 0.3) is 0 Å². The van der Waals surface area contributed by atoms with Crippen molar-refractivity contribution in [3.8, 4) is 0 Å². The van der Waals surface area contributed by atoms with E-state index in [1.807, 2.05) is 6.92 Å². The number of hydrogen-bond acceptors (Lipinski definition) is 4. The Morgan fingerprint density at radius 2 is 2.23 bits per heavy atom. The zero-order valence-electron chi connectivity index (χ0n) is 13.0. The molecule has 1 amide bonds. The number of carbonyl (C=O) groups excluding carboxylic acids is 1. The molecule has 0 saturated heterocycles. The van der Waals surface area contributed by atoms with E-state index < -0.39 is 6.10 Å². The monoisotopic (exact) mass is 300 g/mol. The Balaban J connectivity index is 1.91. The van der Waals surface area contributed by atoms with Crippen molar-refractivity contribution in [1.29, 1.82) is 0 Å². The van der Waals surface area contributed by atoms with Crippen LogP contribution in [-0.4, -0.2) is 16.0 Å². The molecule has 22 heavy (non-hydrogen) atoms. The minimum Gasteiger partial charge on any atom is -0.455 e. The molecule has 0 radical (unpaired) electrons. The molecular formula is C17H20N2O3. The zero-order chi connectivity index (χ0) is 15.9. The van der Waals surface area contributed by atoms with Crippen LogP contribution in [0.2, 0.25) is 0 Å². The minimum absolute atomic E-state index is 0.0363. The first-order chi connectivity index (χ1) is 10.4. The van der Waals surface area contributed by atoms with Gasteiger partial charge >= 0.3 is 0 Å². The average molecular weight is 300 g/mol. The van der Waals surface area contributed by atoms with Gasteiger partial charge in [-0.1, -0.05) is 19.9 Å². The molecule has 0 fully saturated rings. The summed E-state index contributed by atoms with van der Waals surface area (Å²) in [5.74, 6) is 1.11. The van der Waals surface area contributed by atoms with Crippen LogP contribution in [0.3, 0.4) is 0 Å². The molecule has 3 rings (SSSR count). The highest BCUT2D eigenvalue weighted by Gasteiger charge is 2.37. The van der Waals surface area contributed by atoms with Crippen molar-refractivity contribution in [3.63, 3.8) is 0 Å². The summed E-state index contributed by atoms with van der Waals surface area (Å²) in [4.78, 5) is 16.5. The number of rotatable bonds is 2. The standard InChI is InChI=1S/C17H20N2O3/c1-10-14-11(20)8-17(2,3)9-12(14)22-15(10)16(21)19-13-6-4-5-7-18-13/h4-7,11,20H,8-9H2,1-3H3,(H,18,19,21). The zero-order valence-corrected chi connectivity index (χ0v) is 13.0. The number of hydrogen-bond donors (Lipinski definition) is 2. The molecule has 2 heterocycles. The third-order valence-electron chi connectivity index (χ3n) is 4.10. The number of furan rings is 1. The van der Waals surface area contributed by atoms with Crippen molar-refractivity contribution in [1.82, 2.24) is 4.98 Å². The van der Waals surface area contributed by atoms with E-state index in [4.69, 9.17) is 4.42 Å². The van der Waals surface area contributed by atoms with Gasteiger partial charge in [0.2, 0.25) is 0 Å². The molecule has 0 aliphatic heterocycles. The van der Waals surface area contributed by atoms with Crippen LogP contribution in [0.15, 0.2) is 28.8 Å². The second-order valence-electron chi connectivity index (χ2n) is 6.62. The SMILES string of the molecule is Cc1c(C(=O)Nc2ccccn2)oc2c1C(O)CC(C)(C)C2. The van der Waals surface area contributed by atoms with Crippen LogP contribution >= 0.6 is 0 Å². The van der Waals surface area contributed by atoms with E-state index in [1.165, 1.54) is 0 Å². The molecule has 1 aliphatic rings. The van der Waals surface area contributed by atoms with Gasteiger partial charge in [0.25, 0.3) is 5.91 Å². The third-order valence-corrected chi connectivity index (χ3v) is 4.10. The van der Waals surface area contributed by atoms with E-state index in [0.717, 1.165) is 12.0 Å². The lowest BCUT2D eigenvalue weighted by Crippen LogP contribution is -2.24. The maximum atomic E-state index is 12.4. The van der Waals surface area contributed by atoms with Gasteiger partial charge in [0, 0.05) is 23.7 Å². The van der Waals surface area contributed by atoms with Crippen molar-refractivity contribution in [2.24, 2.45) is 5.41 Å². The lowest BCUT2D eigenvalue weighted by atomic mass is 9.75. The number of nitrogens with zero attached hydrogens (tertiary/aromatic N) is 1. The fraction of sp³-hybridized carbons (Fsp3) is 0.412. The normalized spacial score (nSPS) is 19.5. The topological polar surface area (TPSA) is 75.4 Å². The van der Waals surface area contributed by atoms with Gasteiger partial charge in [0.1, 0.15) is 11.6 Å². The maximum absolute atomic E-state index is 12.4. The molecule has 2 N–H and O–H groups in total. The van der Waals surface area contributed by atoms with E-state index in [9.17, 15) is 9.90 Å². The predicted octanol–water partition coefficient (Wildman–Crippen LogP) is 3.24. The lowest BCUT2D eigenvalue weighted by Gasteiger charge is -2.31. The lowest BCUT2D eigenvalue weighted by molar-refractivity contribution is 0.0910. The van der Waals surface area contributed by atoms with Gasteiger partial charge in [-0.3, -0.25) is 4.79 Å². The summed E-state index contributed by atoms with van der Waals surface area (Å²) in [5.41, 5.74) is 1.45. The van der Waals surface area contributed by atoms with E-state index in [0.29, 0.717) is 23.6 Å². The van der Waals surface area contributed by atoms with E-state index in [-0.39, 0.29) is 17.1 Å². The minimum atomic E-state index is -0.584. The summed E-state index contributed by atoms with van der Waals surface area (Å²) in [6, 6.07) is 5.30. The molecule has 0 saturated carbocycles. The third kappa shape index (κ3) is 2.64. The van der Waals surface area contributed by atoms with Gasteiger partial charge in [-0.2, -0.15) is 0 Å². The Kier molecular flexibility index (Phi) is 3.53. The largest absolute Gasteiger partial charge is 0.455 e. The van der Waals surface area contributed by atoms with Crippen molar-refractivity contribution in [3.05, 3.63) is 47.0 Å². The fourth-order valence-corrected chi connectivity index (χ4v) is 3.11. The molecular weight excluding hydrogens is 280 g/mol. The summed E-state index contributed by atoms with van der Waals surface area (Å²) in [6.45, 7) is 5.99. The van der Waals surface area contributed by atoms with E-state index >= 15 is 0 Å². The van der Waals surface area contributed by atoms with Gasteiger partial charge in [0.05, 0.1) is 6.10 Å². The number of aliphatic hydroxyl groups is 1. The quantitative estimate of drug-likeness (QED) is 0.892. The highest BCUT2D eigenvalue weighted by Crippen LogP contribution is 2.43. The molecule has 116 valence electrons. The first kappa shape index (κ1) is 14.8. The highest BCUT2D eigenvalue weighted by atomic mass is 16.4. The van der Waals surface area contributed by atoms with Crippen molar-refractivity contribution >= 4 is 11.7 Å². The summed E-state index contributed by atoms with van der Waals surface area (Å²) in [7, 11) is 0. The van der Waals surface area contributed by atoms with Crippen molar-refractivity contribution < 1.29 is 14.3 Å². The average Bonchev–Trinajstić information content (AvgIpc) is 2.75. The Morgan fingerprint density at radius 1 is 1.45 bits per heavy atom. The molecule has 5 nitrogen and oxygen atoms in total. The van der Waals surface area contributed by atoms with Crippen LogP contribution in [-0.2, 0) is 6.42 Å². The van der Waals surface area contributed by atoms with Gasteiger partial charge in [-0.05, 0) is 30.9 Å². The van der Waals surface area contributed by atoms with E-state index in [1.54, 1.807) is 24.4 Å². The maximum Gasteiger partial charge on any atom is 0.292 e. The molecule has 5 heteroatoms. The van der Waals surface area contributed by atoms with Crippen molar-refractivity contribution in [2.45, 2.75) is 39.7 Å². The molecule has 0 bridgehead atoms. The predicted molar refractivity (Wildman–Crippen MR) is 82.7 cm³/mol. The summed E-state index contributed by atoms with van der Waals surface area (Å²) < 4.78 is 5.78. The first-order valence-corrected chi connectivity index (χ1v) is 7.40. The van der Waals surface area contributed by atoms with E-state index in [2.05, 4.69) is 24.1 Å². The second kappa shape index (κ2) is 5.25. The first-order valence-electron chi connectivity index (χ1n) is 7.40. The van der Waals surface area contributed by atoms with Crippen LogP contribution in [0.1, 0.15) is 53.8 Å². The number of aliphatic hydroxyl groups excluding tert-OH is 1. The number of anilines is 1. The number of amides is 1. The number of pyridine rings is 1. The van der Waals surface area contributed by atoms with Crippen LogP contribution in [0, 0.1) is 12.3 Å². The number of fused-ring (bicyclic) bond motifs is 1. The fourth-order valence-electron chi connectivity index (χ4n) is 3.11. The Morgan fingerprint density at radius 3 is 2.91 bits per heavy atom. The highest BCUT2D eigenvalue weighted by molar-refractivity contribution is 6.03. The summed E-state index contributed by atoms with van der Waals surface area (Å²) >= 11 is 0. The molecule has 1 aliphatic carbocycles. The molecule has 2 aromatic rings. The Bertz CT molecular complexity index is 704. The number of nitrogens with one attached hydrogen (secondary N) is 1. The number of carbonyl (C=O) groups is 1. The van der Waals surface area contributed by atoms with Gasteiger partial charge in [-0.15, -0.1) is 0 Å². The van der Waals surface area contributed by atoms with Gasteiger partial charge < -0.3 is 14.8 Å². The molecule has 2 aromatic heterocycles. The molecule has 0 spiro atoms. The summed E-state index contributed by atoms with van der Waals surface area (Å²) in [5, 5.41) is 13.1. The number of aromatic nitrogens is 1. The smallest absolute Gasteiger partial charge is 0.292 e. The summed E-state index contributed by atoms with van der Waals surface area (Å²) in [6.07, 6.45) is 2.42. The second-order valence-corrected chi connectivity index (χ2v) is 6.62. The Labute approximate surface area is 129 Å². The van der Waals surface area contributed by atoms with Gasteiger partial charge in [-0.25, -0.2) is 4.98 Å². The van der Waals surface area contributed by atoms with Crippen LogP contribution < -0.4 is 5.32 Å². The molecule has 1 unspecified atom stereocenters. The van der Waals surface area contributed by atoms with Crippen LogP contribution in [0.4, 0.5) is 5.82 Å². The van der Waals surface area contributed by atoms with Crippen molar-refractivity contribution in [2.75, 3.05) is 5.32 Å². The molecule has 1 atom stereocenters. The molecule has 0 aromatic carbocycles. The van der Waals surface area contributed by atoms with Gasteiger partial charge in [0.15, 0.2) is 5.76 Å². The Hall–Kier alpha value is -2.14.